The van der Waals surface area contributed by atoms with Gasteiger partial charge in [0.2, 0.25) is 0 Å². The third-order valence-electron chi connectivity index (χ3n) is 2.73. The summed E-state index contributed by atoms with van der Waals surface area (Å²) in [7, 11) is 0. The Balaban J connectivity index is 2.41. The molecule has 0 spiro atoms. The zero-order valence-corrected chi connectivity index (χ0v) is 10.0. The zero-order chi connectivity index (χ0) is 13.1. The van der Waals surface area contributed by atoms with Crippen LogP contribution < -0.4 is 0 Å². The number of hydrogen-bond donors (Lipinski definition) is 1. The third-order valence-corrected chi connectivity index (χ3v) is 2.73. The van der Waals surface area contributed by atoms with Crippen molar-refractivity contribution in [3.05, 3.63) is 41.7 Å². The molecule has 0 amide bonds. The molecule has 1 aromatic carbocycles. The van der Waals surface area contributed by atoms with Crippen molar-refractivity contribution in [1.82, 2.24) is 9.78 Å². The van der Waals surface area contributed by atoms with E-state index >= 15 is 0 Å². The van der Waals surface area contributed by atoms with E-state index in [9.17, 15) is 8.78 Å². The Morgan fingerprint density at radius 3 is 2.72 bits per heavy atom. The summed E-state index contributed by atoms with van der Waals surface area (Å²) in [6.07, 6.45) is 4.10. The molecule has 1 aromatic heterocycles. The predicted molar refractivity (Wildman–Crippen MR) is 63.8 cm³/mol. The number of aryl methyl sites for hydroxylation is 1. The second-order valence-electron chi connectivity index (χ2n) is 4.05. The van der Waals surface area contributed by atoms with E-state index in [1.165, 1.54) is 18.3 Å². The molecule has 0 bridgehead atoms. The van der Waals surface area contributed by atoms with E-state index in [1.54, 1.807) is 10.9 Å². The molecular formula is C13H14F2N2O. The average molecular weight is 252 g/mol. The van der Waals surface area contributed by atoms with Crippen molar-refractivity contribution >= 4 is 0 Å². The Bertz CT molecular complexity index is 552. The quantitative estimate of drug-likeness (QED) is 0.908. The molecule has 0 fully saturated rings. The lowest BCUT2D eigenvalue weighted by atomic mass is 10.1. The number of nitrogens with zero attached hydrogens (tertiary/aromatic N) is 2. The fourth-order valence-corrected chi connectivity index (χ4v) is 1.79. The summed E-state index contributed by atoms with van der Waals surface area (Å²) in [5, 5.41) is 12.9. The van der Waals surface area contributed by atoms with E-state index in [4.69, 9.17) is 5.11 Å². The van der Waals surface area contributed by atoms with Gasteiger partial charge in [-0.25, -0.2) is 8.78 Å². The molecule has 0 aliphatic heterocycles. The van der Waals surface area contributed by atoms with Gasteiger partial charge in [-0.3, -0.25) is 4.68 Å². The minimum Gasteiger partial charge on any atom is -0.392 e. The van der Waals surface area contributed by atoms with Crippen molar-refractivity contribution in [3.8, 4) is 11.1 Å². The Labute approximate surface area is 104 Å². The SMILES string of the molecule is CCCn1cc(-c2ccc(CO)c(F)c2F)cn1. The Morgan fingerprint density at radius 1 is 1.28 bits per heavy atom. The summed E-state index contributed by atoms with van der Waals surface area (Å²) in [6.45, 7) is 2.23. The zero-order valence-electron chi connectivity index (χ0n) is 10.0. The van der Waals surface area contributed by atoms with Gasteiger partial charge in [0.25, 0.3) is 0 Å². The molecule has 0 saturated carbocycles. The van der Waals surface area contributed by atoms with E-state index in [-0.39, 0.29) is 11.1 Å². The summed E-state index contributed by atoms with van der Waals surface area (Å²) >= 11 is 0. The average Bonchev–Trinajstić information content (AvgIpc) is 2.81. The number of aliphatic hydroxyl groups excluding tert-OH is 1. The van der Waals surface area contributed by atoms with Crippen LogP contribution in [0.25, 0.3) is 11.1 Å². The van der Waals surface area contributed by atoms with Gasteiger partial charge < -0.3 is 5.11 Å². The van der Waals surface area contributed by atoms with Crippen LogP contribution in [0.3, 0.4) is 0 Å². The minimum absolute atomic E-state index is 0.0443. The van der Waals surface area contributed by atoms with Gasteiger partial charge in [0.15, 0.2) is 11.6 Å². The second kappa shape index (κ2) is 5.27. The maximum absolute atomic E-state index is 13.8. The van der Waals surface area contributed by atoms with Crippen LogP contribution in [0.5, 0.6) is 0 Å². The first-order valence-corrected chi connectivity index (χ1v) is 5.78. The van der Waals surface area contributed by atoms with Crippen LogP contribution in [0, 0.1) is 11.6 Å². The Morgan fingerprint density at radius 2 is 2.06 bits per heavy atom. The molecule has 0 saturated heterocycles. The number of rotatable bonds is 4. The van der Waals surface area contributed by atoms with Crippen LogP contribution in [-0.2, 0) is 13.2 Å². The molecule has 1 heterocycles. The fourth-order valence-electron chi connectivity index (χ4n) is 1.79. The van der Waals surface area contributed by atoms with Crippen molar-refractivity contribution in [2.24, 2.45) is 0 Å². The lowest BCUT2D eigenvalue weighted by molar-refractivity contribution is 0.273. The van der Waals surface area contributed by atoms with Gasteiger partial charge in [-0.05, 0) is 6.42 Å². The highest BCUT2D eigenvalue weighted by Gasteiger charge is 2.15. The minimum atomic E-state index is -1.00. The molecule has 5 heteroatoms. The van der Waals surface area contributed by atoms with Gasteiger partial charge >= 0.3 is 0 Å². The van der Waals surface area contributed by atoms with Crippen LogP contribution in [0.15, 0.2) is 24.5 Å². The molecule has 0 radical (unpaired) electrons. The third kappa shape index (κ3) is 2.26. The summed E-state index contributed by atoms with van der Waals surface area (Å²) < 4.78 is 29.0. The standard InChI is InChI=1S/C13H14F2N2O/c1-2-5-17-7-10(6-16-17)11-4-3-9(8-18)12(14)13(11)15/h3-4,6-7,18H,2,5,8H2,1H3. The van der Waals surface area contributed by atoms with Gasteiger partial charge in [0.05, 0.1) is 12.8 Å². The van der Waals surface area contributed by atoms with Crippen LogP contribution in [0.4, 0.5) is 8.78 Å². The van der Waals surface area contributed by atoms with Crippen LogP contribution in [0.2, 0.25) is 0 Å². The van der Waals surface area contributed by atoms with Gasteiger partial charge in [0.1, 0.15) is 0 Å². The largest absolute Gasteiger partial charge is 0.392 e. The van der Waals surface area contributed by atoms with E-state index in [1.807, 2.05) is 6.92 Å². The highest BCUT2D eigenvalue weighted by atomic mass is 19.2. The molecule has 0 aliphatic rings. The molecule has 2 rings (SSSR count). The number of aromatic nitrogens is 2. The normalized spacial score (nSPS) is 10.9. The molecule has 1 N–H and O–H groups in total. The lowest BCUT2D eigenvalue weighted by Crippen LogP contribution is -1.97. The van der Waals surface area contributed by atoms with Gasteiger partial charge in [0, 0.05) is 29.4 Å². The highest BCUT2D eigenvalue weighted by Crippen LogP contribution is 2.26. The first-order valence-electron chi connectivity index (χ1n) is 5.78. The fraction of sp³-hybridized carbons (Fsp3) is 0.308. The maximum Gasteiger partial charge on any atom is 0.167 e. The highest BCUT2D eigenvalue weighted by molar-refractivity contribution is 5.63. The topological polar surface area (TPSA) is 38.0 Å². The predicted octanol–water partition coefficient (Wildman–Crippen LogP) is 2.73. The first kappa shape index (κ1) is 12.7. The first-order chi connectivity index (χ1) is 8.67. The number of hydrogen-bond acceptors (Lipinski definition) is 2. The molecule has 2 aromatic rings. The molecule has 0 unspecified atom stereocenters. The second-order valence-corrected chi connectivity index (χ2v) is 4.05. The Kier molecular flexibility index (Phi) is 3.72. The molecule has 18 heavy (non-hydrogen) atoms. The summed E-state index contributed by atoms with van der Waals surface area (Å²) in [5.74, 6) is -1.95. The summed E-state index contributed by atoms with van der Waals surface area (Å²) in [5.41, 5.74) is 0.647. The molecule has 96 valence electrons. The van der Waals surface area contributed by atoms with Crippen LogP contribution in [0.1, 0.15) is 18.9 Å². The molecular weight excluding hydrogens is 238 g/mol. The van der Waals surface area contributed by atoms with Gasteiger partial charge in [-0.2, -0.15) is 5.10 Å². The van der Waals surface area contributed by atoms with E-state index in [0.29, 0.717) is 5.56 Å². The van der Waals surface area contributed by atoms with E-state index < -0.39 is 18.2 Å². The monoisotopic (exact) mass is 252 g/mol. The molecule has 3 nitrogen and oxygen atoms in total. The van der Waals surface area contributed by atoms with E-state index in [0.717, 1.165) is 13.0 Å². The molecule has 0 aliphatic carbocycles. The molecule has 0 atom stereocenters. The smallest absolute Gasteiger partial charge is 0.167 e. The van der Waals surface area contributed by atoms with Crippen molar-refractivity contribution in [2.45, 2.75) is 26.5 Å². The van der Waals surface area contributed by atoms with E-state index in [2.05, 4.69) is 5.10 Å². The summed E-state index contributed by atoms with van der Waals surface area (Å²) in [6, 6.07) is 2.84. The maximum atomic E-state index is 13.8. The Hall–Kier alpha value is -1.75. The number of halogens is 2. The van der Waals surface area contributed by atoms with Crippen LogP contribution in [-0.4, -0.2) is 14.9 Å². The van der Waals surface area contributed by atoms with Crippen molar-refractivity contribution in [3.63, 3.8) is 0 Å². The van der Waals surface area contributed by atoms with Gasteiger partial charge in [-0.15, -0.1) is 0 Å². The lowest BCUT2D eigenvalue weighted by Gasteiger charge is -2.05. The van der Waals surface area contributed by atoms with Crippen molar-refractivity contribution < 1.29 is 13.9 Å². The van der Waals surface area contributed by atoms with Crippen molar-refractivity contribution in [2.75, 3.05) is 0 Å². The van der Waals surface area contributed by atoms with Crippen LogP contribution >= 0.6 is 0 Å². The van der Waals surface area contributed by atoms with Crippen molar-refractivity contribution in [1.29, 1.82) is 0 Å². The summed E-state index contributed by atoms with van der Waals surface area (Å²) in [4.78, 5) is 0. The van der Waals surface area contributed by atoms with Gasteiger partial charge in [-0.1, -0.05) is 19.1 Å². The number of benzene rings is 1. The number of aliphatic hydroxyl groups is 1.